The van der Waals surface area contributed by atoms with Crippen LogP contribution in [0.5, 0.6) is 0 Å². The molecule has 1 unspecified atom stereocenters. The van der Waals surface area contributed by atoms with Crippen molar-refractivity contribution in [2.75, 3.05) is 6.54 Å². The van der Waals surface area contributed by atoms with Gasteiger partial charge in [-0.15, -0.1) is 5.10 Å². The Hall–Kier alpha value is -3.03. The molecular weight excluding hydrogens is 306 g/mol. The molecule has 24 heavy (non-hydrogen) atoms. The van der Waals surface area contributed by atoms with Crippen LogP contribution in [0.3, 0.4) is 0 Å². The number of nitrogens with one attached hydrogen (secondary N) is 1. The number of nitrogens with zero attached hydrogens (tertiary/aromatic N) is 6. The van der Waals surface area contributed by atoms with Crippen molar-refractivity contribution in [1.82, 2.24) is 35.3 Å². The lowest BCUT2D eigenvalue weighted by atomic mass is 10.1. The summed E-state index contributed by atoms with van der Waals surface area (Å²) in [4.78, 5) is 12.6. The number of carbonyl (C=O) groups is 1. The maximum absolute atomic E-state index is 12.6. The molecule has 1 aromatic carbocycles. The number of tetrazole rings is 1. The number of benzene rings is 1. The highest BCUT2D eigenvalue weighted by Crippen LogP contribution is 2.13. The van der Waals surface area contributed by atoms with Gasteiger partial charge in [-0.1, -0.05) is 30.3 Å². The highest BCUT2D eigenvalue weighted by Gasteiger charge is 2.21. The minimum Gasteiger partial charge on any atom is -0.354 e. The van der Waals surface area contributed by atoms with E-state index in [1.54, 1.807) is 10.9 Å². The van der Waals surface area contributed by atoms with Gasteiger partial charge >= 0.3 is 0 Å². The molecule has 0 aliphatic rings. The van der Waals surface area contributed by atoms with E-state index < -0.39 is 6.04 Å². The summed E-state index contributed by atoms with van der Waals surface area (Å²) in [6, 6.07) is 9.35. The van der Waals surface area contributed by atoms with E-state index in [1.807, 2.05) is 43.6 Å². The van der Waals surface area contributed by atoms with E-state index in [2.05, 4.69) is 25.9 Å². The molecule has 1 atom stereocenters. The topological polar surface area (TPSA) is 90.5 Å². The molecule has 8 nitrogen and oxygen atoms in total. The first-order valence-corrected chi connectivity index (χ1v) is 7.74. The van der Waals surface area contributed by atoms with Crippen LogP contribution in [-0.2, 0) is 24.7 Å². The van der Waals surface area contributed by atoms with Crippen molar-refractivity contribution in [3.8, 4) is 0 Å². The molecule has 0 spiro atoms. The lowest BCUT2D eigenvalue weighted by molar-refractivity contribution is -0.124. The predicted molar refractivity (Wildman–Crippen MR) is 86.9 cm³/mol. The molecule has 0 saturated heterocycles. The van der Waals surface area contributed by atoms with Crippen LogP contribution in [0.4, 0.5) is 0 Å². The van der Waals surface area contributed by atoms with Gasteiger partial charge in [0.15, 0.2) is 0 Å². The second-order valence-electron chi connectivity index (χ2n) is 5.56. The highest BCUT2D eigenvalue weighted by molar-refractivity contribution is 5.80. The molecule has 3 rings (SSSR count). The van der Waals surface area contributed by atoms with Crippen LogP contribution in [0.2, 0.25) is 0 Å². The molecule has 3 aromatic rings. The van der Waals surface area contributed by atoms with Crippen LogP contribution < -0.4 is 5.32 Å². The molecule has 1 N–H and O–H groups in total. The summed E-state index contributed by atoms with van der Waals surface area (Å²) in [6.45, 7) is 0.540. The Morgan fingerprint density at radius 2 is 2.08 bits per heavy atom. The molecule has 2 heterocycles. The van der Waals surface area contributed by atoms with Gasteiger partial charge in [-0.25, -0.2) is 4.68 Å². The van der Waals surface area contributed by atoms with Crippen molar-refractivity contribution in [1.29, 1.82) is 0 Å². The van der Waals surface area contributed by atoms with Crippen molar-refractivity contribution in [3.63, 3.8) is 0 Å². The molecule has 8 heteroatoms. The lowest BCUT2D eigenvalue weighted by Crippen LogP contribution is -2.35. The van der Waals surface area contributed by atoms with Gasteiger partial charge in [0.2, 0.25) is 5.91 Å². The zero-order valence-corrected chi connectivity index (χ0v) is 13.4. The Morgan fingerprint density at radius 3 is 2.75 bits per heavy atom. The lowest BCUT2D eigenvalue weighted by Gasteiger charge is -2.16. The monoisotopic (exact) mass is 325 g/mol. The quantitative estimate of drug-likeness (QED) is 0.685. The van der Waals surface area contributed by atoms with E-state index in [4.69, 9.17) is 0 Å². The van der Waals surface area contributed by atoms with Crippen molar-refractivity contribution < 1.29 is 4.79 Å². The molecule has 2 aromatic heterocycles. The van der Waals surface area contributed by atoms with Crippen LogP contribution in [-0.4, -0.2) is 42.4 Å². The first kappa shape index (κ1) is 15.9. The smallest absolute Gasteiger partial charge is 0.245 e. The second-order valence-corrected chi connectivity index (χ2v) is 5.56. The van der Waals surface area contributed by atoms with Crippen molar-refractivity contribution in [2.45, 2.75) is 18.9 Å². The third-order valence-corrected chi connectivity index (χ3v) is 3.73. The summed E-state index contributed by atoms with van der Waals surface area (Å²) >= 11 is 0. The van der Waals surface area contributed by atoms with Gasteiger partial charge < -0.3 is 5.32 Å². The van der Waals surface area contributed by atoms with Gasteiger partial charge in [-0.05, 0) is 28.0 Å². The number of carbonyl (C=O) groups excluding carboxylic acids is 1. The molecular formula is C16H19N7O. The Kier molecular flexibility index (Phi) is 4.95. The standard InChI is InChI=1S/C16H19N7O/c1-22-11-14(10-19-22)7-8-17-16(24)15(23-12-18-20-21-23)9-13-5-3-2-4-6-13/h2-6,10-12,15H,7-9H2,1H3,(H,17,24). The fraction of sp³-hybridized carbons (Fsp3) is 0.312. The molecule has 1 amide bonds. The Balaban J connectivity index is 1.63. The van der Waals surface area contributed by atoms with Crippen LogP contribution >= 0.6 is 0 Å². The van der Waals surface area contributed by atoms with E-state index in [-0.39, 0.29) is 5.91 Å². The molecule has 0 radical (unpaired) electrons. The zero-order chi connectivity index (χ0) is 16.8. The number of aromatic nitrogens is 6. The Labute approximate surface area is 139 Å². The number of hydrogen-bond donors (Lipinski definition) is 1. The Morgan fingerprint density at radius 1 is 1.25 bits per heavy atom. The van der Waals surface area contributed by atoms with Gasteiger partial charge in [0.25, 0.3) is 0 Å². The average molecular weight is 325 g/mol. The van der Waals surface area contributed by atoms with Crippen molar-refractivity contribution >= 4 is 5.91 Å². The summed E-state index contributed by atoms with van der Waals surface area (Å²) in [6.07, 6.45) is 6.47. The third-order valence-electron chi connectivity index (χ3n) is 3.73. The van der Waals surface area contributed by atoms with Crippen molar-refractivity contribution in [2.24, 2.45) is 7.05 Å². The minimum absolute atomic E-state index is 0.102. The van der Waals surface area contributed by atoms with E-state index in [0.717, 1.165) is 17.5 Å². The summed E-state index contributed by atoms with van der Waals surface area (Å²) in [5, 5.41) is 18.2. The maximum Gasteiger partial charge on any atom is 0.245 e. The largest absolute Gasteiger partial charge is 0.354 e. The summed E-state index contributed by atoms with van der Waals surface area (Å²) in [5.74, 6) is -0.102. The van der Waals surface area contributed by atoms with E-state index in [9.17, 15) is 4.79 Å². The molecule has 0 fully saturated rings. The summed E-state index contributed by atoms with van der Waals surface area (Å²) in [5.41, 5.74) is 2.14. The summed E-state index contributed by atoms with van der Waals surface area (Å²) < 4.78 is 3.24. The maximum atomic E-state index is 12.6. The van der Waals surface area contributed by atoms with E-state index in [1.165, 1.54) is 11.0 Å². The number of rotatable bonds is 7. The van der Waals surface area contributed by atoms with E-state index >= 15 is 0 Å². The fourth-order valence-electron chi connectivity index (χ4n) is 2.50. The molecule has 0 aliphatic heterocycles. The molecule has 0 aliphatic carbocycles. The number of amides is 1. The Bertz CT molecular complexity index is 767. The number of aryl methyl sites for hydroxylation is 1. The van der Waals surface area contributed by atoms with Gasteiger partial charge in [-0.3, -0.25) is 9.48 Å². The molecule has 0 bridgehead atoms. The first-order chi connectivity index (χ1) is 11.7. The second kappa shape index (κ2) is 7.49. The zero-order valence-electron chi connectivity index (χ0n) is 13.4. The van der Waals surface area contributed by atoms with Crippen LogP contribution in [0.1, 0.15) is 17.2 Å². The normalized spacial score (nSPS) is 12.0. The van der Waals surface area contributed by atoms with Crippen LogP contribution in [0.25, 0.3) is 0 Å². The minimum atomic E-state index is -0.476. The van der Waals surface area contributed by atoms with Gasteiger partial charge in [-0.2, -0.15) is 5.10 Å². The SMILES string of the molecule is Cn1cc(CCNC(=O)C(Cc2ccccc2)n2cnnn2)cn1. The average Bonchev–Trinajstić information content (AvgIpc) is 3.25. The van der Waals surface area contributed by atoms with Crippen LogP contribution in [0, 0.1) is 0 Å². The predicted octanol–water partition coefficient (Wildman–Crippen LogP) is 0.549. The van der Waals surface area contributed by atoms with E-state index in [0.29, 0.717) is 13.0 Å². The molecule has 0 saturated carbocycles. The van der Waals surface area contributed by atoms with Gasteiger partial charge in [0.1, 0.15) is 12.4 Å². The highest BCUT2D eigenvalue weighted by atomic mass is 16.2. The first-order valence-electron chi connectivity index (χ1n) is 7.74. The van der Waals surface area contributed by atoms with Crippen LogP contribution in [0.15, 0.2) is 49.1 Å². The van der Waals surface area contributed by atoms with Crippen molar-refractivity contribution in [3.05, 3.63) is 60.2 Å². The van der Waals surface area contributed by atoms with Gasteiger partial charge in [0, 0.05) is 26.2 Å². The molecule has 124 valence electrons. The fourth-order valence-corrected chi connectivity index (χ4v) is 2.50. The summed E-state index contributed by atoms with van der Waals surface area (Å²) in [7, 11) is 1.87. The van der Waals surface area contributed by atoms with Gasteiger partial charge in [0.05, 0.1) is 6.20 Å². The number of hydrogen-bond acceptors (Lipinski definition) is 5. The third kappa shape index (κ3) is 4.03.